The van der Waals surface area contributed by atoms with Crippen molar-refractivity contribution < 1.29 is 34.5 Å². The molecule has 0 saturated carbocycles. The summed E-state index contributed by atoms with van der Waals surface area (Å²) in [5.74, 6) is -1.57. The van der Waals surface area contributed by atoms with Crippen LogP contribution in [0.4, 0.5) is 14.4 Å². The molecule has 0 bridgehead atoms. The fourth-order valence-electron chi connectivity index (χ4n) is 1.16. The Hall–Kier alpha value is -2.32. The summed E-state index contributed by atoms with van der Waals surface area (Å²) >= 11 is 0. The van der Waals surface area contributed by atoms with Crippen molar-refractivity contribution in [3.63, 3.8) is 0 Å². The zero-order chi connectivity index (χ0) is 11.7. The zero-order valence-electron chi connectivity index (χ0n) is 7.15. The van der Waals surface area contributed by atoms with Crippen LogP contribution in [-0.4, -0.2) is 61.9 Å². The summed E-state index contributed by atoms with van der Waals surface area (Å²) in [5.41, 5.74) is 0. The normalized spacial score (nSPS) is 20.5. The van der Waals surface area contributed by atoms with Crippen LogP contribution in [0.3, 0.4) is 0 Å². The molecule has 1 aliphatic heterocycles. The van der Waals surface area contributed by atoms with E-state index in [9.17, 15) is 19.2 Å². The molecular formula is C6H6N2O7. The van der Waals surface area contributed by atoms with Crippen molar-refractivity contribution in [1.29, 1.82) is 0 Å². The van der Waals surface area contributed by atoms with Crippen LogP contribution < -0.4 is 0 Å². The summed E-state index contributed by atoms with van der Waals surface area (Å²) in [7, 11) is 0. The van der Waals surface area contributed by atoms with Gasteiger partial charge in [-0.1, -0.05) is 0 Å². The van der Waals surface area contributed by atoms with E-state index in [0.717, 1.165) is 0 Å². The number of carbonyl (C=O) groups is 4. The van der Waals surface area contributed by atoms with Gasteiger partial charge in [0.15, 0.2) is 6.04 Å². The lowest BCUT2D eigenvalue weighted by Crippen LogP contribution is -2.43. The van der Waals surface area contributed by atoms with E-state index in [4.69, 9.17) is 15.3 Å². The topological polar surface area (TPSA) is 135 Å². The van der Waals surface area contributed by atoms with Crippen LogP contribution in [0.15, 0.2) is 0 Å². The molecule has 82 valence electrons. The molecular weight excluding hydrogens is 212 g/mol. The van der Waals surface area contributed by atoms with Crippen LogP contribution in [0, 0.1) is 0 Å². The lowest BCUT2D eigenvalue weighted by molar-refractivity contribution is -0.140. The molecule has 1 aliphatic rings. The Bertz CT molecular complexity index is 351. The Balaban J connectivity index is 3.02. The molecule has 1 saturated heterocycles. The van der Waals surface area contributed by atoms with Crippen molar-refractivity contribution in [2.24, 2.45) is 0 Å². The van der Waals surface area contributed by atoms with Gasteiger partial charge in [-0.15, -0.1) is 0 Å². The minimum Gasteiger partial charge on any atom is -0.480 e. The van der Waals surface area contributed by atoms with Gasteiger partial charge in [-0.2, -0.15) is 0 Å². The zero-order valence-corrected chi connectivity index (χ0v) is 7.15. The van der Waals surface area contributed by atoms with Gasteiger partial charge in [0.1, 0.15) is 0 Å². The molecule has 1 heterocycles. The second-order valence-electron chi connectivity index (χ2n) is 2.68. The van der Waals surface area contributed by atoms with E-state index in [1.807, 2.05) is 0 Å². The Morgan fingerprint density at radius 2 is 1.67 bits per heavy atom. The Morgan fingerprint density at radius 3 is 1.93 bits per heavy atom. The van der Waals surface area contributed by atoms with Gasteiger partial charge in [0.25, 0.3) is 0 Å². The number of aliphatic carboxylic acids is 1. The molecule has 0 unspecified atom stereocenters. The van der Waals surface area contributed by atoms with Gasteiger partial charge in [0.05, 0.1) is 6.54 Å². The lowest BCUT2D eigenvalue weighted by Gasteiger charge is -2.12. The molecule has 0 aliphatic carbocycles. The third-order valence-electron chi connectivity index (χ3n) is 1.83. The van der Waals surface area contributed by atoms with Crippen LogP contribution in [0.5, 0.6) is 0 Å². The highest BCUT2D eigenvalue weighted by molar-refractivity contribution is 6.03. The molecule has 1 atom stereocenters. The van der Waals surface area contributed by atoms with Gasteiger partial charge in [0.2, 0.25) is 0 Å². The van der Waals surface area contributed by atoms with Crippen LogP contribution in [0.1, 0.15) is 0 Å². The van der Waals surface area contributed by atoms with Crippen molar-refractivity contribution in [3.8, 4) is 0 Å². The fourth-order valence-corrected chi connectivity index (χ4v) is 1.16. The monoisotopic (exact) mass is 218 g/mol. The second-order valence-corrected chi connectivity index (χ2v) is 2.68. The fraction of sp³-hybridized carbons (Fsp3) is 0.333. The van der Waals surface area contributed by atoms with Crippen molar-refractivity contribution in [3.05, 3.63) is 0 Å². The molecule has 9 heteroatoms. The first-order valence-corrected chi connectivity index (χ1v) is 3.65. The number of imide groups is 2. The summed E-state index contributed by atoms with van der Waals surface area (Å²) in [6, 6.07) is -3.06. The smallest absolute Gasteiger partial charge is 0.416 e. The molecule has 0 aromatic heterocycles. The number of carbonyl (C=O) groups excluding carboxylic acids is 1. The number of amides is 4. The summed E-state index contributed by atoms with van der Waals surface area (Å²) in [6.07, 6.45) is -3.48. The quantitative estimate of drug-likeness (QED) is 0.541. The van der Waals surface area contributed by atoms with Crippen LogP contribution in [0.25, 0.3) is 0 Å². The average Bonchev–Trinajstić information content (AvgIpc) is 2.42. The highest BCUT2D eigenvalue weighted by atomic mass is 16.4. The molecule has 1 rings (SSSR count). The molecule has 9 nitrogen and oxygen atoms in total. The van der Waals surface area contributed by atoms with Gasteiger partial charge in [-0.3, -0.25) is 0 Å². The largest absolute Gasteiger partial charge is 0.480 e. The van der Waals surface area contributed by atoms with Crippen molar-refractivity contribution in [2.75, 3.05) is 6.54 Å². The first-order chi connectivity index (χ1) is 6.86. The van der Waals surface area contributed by atoms with E-state index in [-0.39, 0.29) is 9.80 Å². The van der Waals surface area contributed by atoms with E-state index >= 15 is 0 Å². The predicted octanol–water partition coefficient (Wildman–Crippen LogP) is -0.467. The number of carboxylic acid groups (broad SMARTS) is 3. The molecule has 0 spiro atoms. The first-order valence-electron chi connectivity index (χ1n) is 3.65. The molecule has 1 fully saturated rings. The van der Waals surface area contributed by atoms with E-state index < -0.39 is 36.8 Å². The Morgan fingerprint density at radius 1 is 1.13 bits per heavy atom. The van der Waals surface area contributed by atoms with Crippen molar-refractivity contribution in [1.82, 2.24) is 9.80 Å². The highest BCUT2D eigenvalue weighted by Crippen LogP contribution is 2.16. The average molecular weight is 218 g/mol. The number of rotatable bonds is 1. The summed E-state index contributed by atoms with van der Waals surface area (Å²) in [6.45, 7) is -0.699. The number of urea groups is 1. The number of hydrogen-bond acceptors (Lipinski definition) is 4. The summed E-state index contributed by atoms with van der Waals surface area (Å²) in [4.78, 5) is 42.7. The van der Waals surface area contributed by atoms with Crippen LogP contribution in [0.2, 0.25) is 0 Å². The molecule has 15 heavy (non-hydrogen) atoms. The first kappa shape index (κ1) is 10.8. The van der Waals surface area contributed by atoms with Gasteiger partial charge in [-0.25, -0.2) is 29.0 Å². The summed E-state index contributed by atoms with van der Waals surface area (Å²) in [5, 5.41) is 25.6. The Kier molecular flexibility index (Phi) is 2.47. The van der Waals surface area contributed by atoms with Gasteiger partial charge in [0, 0.05) is 0 Å². The molecule has 0 aromatic carbocycles. The minimum absolute atomic E-state index is 0.0313. The highest BCUT2D eigenvalue weighted by Gasteiger charge is 2.48. The van der Waals surface area contributed by atoms with E-state index in [1.54, 1.807) is 0 Å². The number of carboxylic acids is 1. The SMILES string of the molecule is O=C(O)[C@@H]1CN(C(=O)O)C(=O)N1C(=O)O. The van der Waals surface area contributed by atoms with Gasteiger partial charge >= 0.3 is 24.2 Å². The number of hydrogen-bond donors (Lipinski definition) is 3. The number of nitrogens with zero attached hydrogens (tertiary/aromatic N) is 2. The molecule has 3 N–H and O–H groups in total. The third-order valence-corrected chi connectivity index (χ3v) is 1.83. The second kappa shape index (κ2) is 3.44. The van der Waals surface area contributed by atoms with Crippen molar-refractivity contribution >= 4 is 24.2 Å². The molecule has 4 amide bonds. The van der Waals surface area contributed by atoms with Gasteiger partial charge < -0.3 is 15.3 Å². The van der Waals surface area contributed by atoms with Crippen LogP contribution in [-0.2, 0) is 4.79 Å². The maximum absolute atomic E-state index is 11.1. The third kappa shape index (κ3) is 1.66. The predicted molar refractivity (Wildman–Crippen MR) is 41.4 cm³/mol. The van der Waals surface area contributed by atoms with Gasteiger partial charge in [-0.05, 0) is 0 Å². The van der Waals surface area contributed by atoms with E-state index in [2.05, 4.69) is 0 Å². The van der Waals surface area contributed by atoms with Crippen molar-refractivity contribution in [2.45, 2.75) is 6.04 Å². The summed E-state index contributed by atoms with van der Waals surface area (Å²) < 4.78 is 0. The maximum Gasteiger partial charge on any atom is 0.416 e. The van der Waals surface area contributed by atoms with E-state index in [1.165, 1.54) is 0 Å². The minimum atomic E-state index is -1.80. The lowest BCUT2D eigenvalue weighted by atomic mass is 10.3. The molecule has 0 radical (unpaired) electrons. The standard InChI is InChI=1S/C6H6N2O7/c9-3(10)2-1-7(5(12)13)4(11)8(2)6(14)15/h2H,1H2,(H,9,10)(H,12,13)(H,14,15)/t2-/m0/s1. The maximum atomic E-state index is 11.1. The Labute approximate surface area is 82.1 Å². The van der Waals surface area contributed by atoms with Crippen LogP contribution >= 0.6 is 0 Å². The van der Waals surface area contributed by atoms with E-state index in [0.29, 0.717) is 0 Å². The molecule has 0 aromatic rings.